The summed E-state index contributed by atoms with van der Waals surface area (Å²) in [6.07, 6.45) is 14.1. The van der Waals surface area contributed by atoms with Crippen molar-refractivity contribution in [1.82, 2.24) is 25.3 Å². The number of nitrogens with zero attached hydrogens (tertiary/aromatic N) is 5. The van der Waals surface area contributed by atoms with Crippen LogP contribution in [0.25, 0.3) is 0 Å². The Bertz CT molecular complexity index is 1180. The van der Waals surface area contributed by atoms with Gasteiger partial charge < -0.3 is 25.4 Å². The topological polar surface area (TPSA) is 128 Å². The second-order valence-electron chi connectivity index (χ2n) is 10.8. The average Bonchev–Trinajstić information content (AvgIpc) is 3.64. The second-order valence-corrected chi connectivity index (χ2v) is 10.8. The largest absolute Gasteiger partial charge is 0.489 e. The van der Waals surface area contributed by atoms with E-state index in [0.717, 1.165) is 64.0 Å². The molecule has 0 aromatic carbocycles. The Balaban J connectivity index is 1.12. The Labute approximate surface area is 210 Å². The molecule has 3 N–H and O–H groups in total. The van der Waals surface area contributed by atoms with Crippen molar-refractivity contribution < 1.29 is 14.3 Å². The number of carbonyl (C=O) groups is 1. The highest BCUT2D eigenvalue weighted by Gasteiger charge is 2.57. The molecule has 4 aliphatic carbocycles. The molecule has 1 saturated heterocycles. The lowest BCUT2D eigenvalue weighted by Gasteiger charge is -2.61. The van der Waals surface area contributed by atoms with Gasteiger partial charge >= 0.3 is 6.01 Å². The summed E-state index contributed by atoms with van der Waals surface area (Å²) in [4.78, 5) is 32.6. The standard InChI is InChI=1S/C26H31N7O3/c1-2-25(7-8-25)16-36-24-30-21(22(34)32-26-12-18(13-26)14-26)29-23(31-24)33-10-5-17(6-11-33)15-35-19-4-3-9-28-20(19)27/h1,3-4,9,17-18H,5-8,10-16H2,(H2,27,28)(H,32,34). The SMILES string of the molecule is C#CC1(COc2nc(C(=O)NC34CC(C3)C4)nc(N3CCC(COc4cccnc4N)CC3)n2)CC1. The van der Waals surface area contributed by atoms with Crippen molar-refractivity contribution in [3.05, 3.63) is 24.2 Å². The van der Waals surface area contributed by atoms with Crippen molar-refractivity contribution in [3.63, 3.8) is 0 Å². The molecular weight excluding hydrogens is 458 g/mol. The Kier molecular flexibility index (Phi) is 5.58. The van der Waals surface area contributed by atoms with E-state index in [1.165, 1.54) is 0 Å². The molecule has 1 aliphatic heterocycles. The lowest BCUT2D eigenvalue weighted by molar-refractivity contribution is -0.0441. The zero-order chi connectivity index (χ0) is 24.8. The van der Waals surface area contributed by atoms with Gasteiger partial charge in [-0.15, -0.1) is 6.42 Å². The van der Waals surface area contributed by atoms with E-state index in [0.29, 0.717) is 36.6 Å². The number of hydrogen-bond acceptors (Lipinski definition) is 9. The summed E-state index contributed by atoms with van der Waals surface area (Å²) in [6.45, 7) is 2.39. The molecule has 0 radical (unpaired) electrons. The minimum atomic E-state index is -0.267. The van der Waals surface area contributed by atoms with Crippen molar-refractivity contribution in [3.8, 4) is 24.1 Å². The molecule has 36 heavy (non-hydrogen) atoms. The van der Waals surface area contributed by atoms with Crippen molar-refractivity contribution in [1.29, 1.82) is 0 Å². The maximum atomic E-state index is 13.0. The molecule has 4 saturated carbocycles. The van der Waals surface area contributed by atoms with Crippen LogP contribution in [0.1, 0.15) is 55.6 Å². The van der Waals surface area contributed by atoms with E-state index < -0.39 is 0 Å². The lowest BCUT2D eigenvalue weighted by Crippen LogP contribution is -2.68. The van der Waals surface area contributed by atoms with Gasteiger partial charge in [0.05, 0.1) is 12.0 Å². The first kappa shape index (κ1) is 22.8. The molecule has 2 aromatic rings. The van der Waals surface area contributed by atoms with Crippen molar-refractivity contribution in [2.75, 3.05) is 36.9 Å². The molecule has 0 unspecified atom stereocenters. The van der Waals surface area contributed by atoms with Gasteiger partial charge in [-0.1, -0.05) is 5.92 Å². The predicted octanol–water partition coefficient (Wildman–Crippen LogP) is 2.22. The molecular formula is C26H31N7O3. The zero-order valence-electron chi connectivity index (χ0n) is 20.3. The number of nitrogens with two attached hydrogens (primary N) is 1. The predicted molar refractivity (Wildman–Crippen MR) is 132 cm³/mol. The van der Waals surface area contributed by atoms with Crippen molar-refractivity contribution in [2.45, 2.75) is 50.5 Å². The third-order valence-corrected chi connectivity index (χ3v) is 8.03. The number of nitrogens with one attached hydrogen (secondary N) is 1. The van der Waals surface area contributed by atoms with Crippen LogP contribution in [-0.2, 0) is 0 Å². The first-order chi connectivity index (χ1) is 17.4. The zero-order valence-corrected chi connectivity index (χ0v) is 20.3. The second kappa shape index (κ2) is 8.80. The Hall–Kier alpha value is -3.61. The fourth-order valence-electron chi connectivity index (χ4n) is 5.30. The summed E-state index contributed by atoms with van der Waals surface area (Å²) in [6, 6.07) is 3.79. The van der Waals surface area contributed by atoms with Crippen LogP contribution < -0.4 is 25.4 Å². The van der Waals surface area contributed by atoms with Crippen LogP contribution in [0, 0.1) is 29.6 Å². The Morgan fingerprint density at radius 2 is 1.97 bits per heavy atom. The number of hydrogen-bond donors (Lipinski definition) is 2. The normalized spacial score (nSPS) is 25.6. The van der Waals surface area contributed by atoms with E-state index in [1.54, 1.807) is 6.20 Å². The molecule has 10 nitrogen and oxygen atoms in total. The summed E-state index contributed by atoms with van der Waals surface area (Å²) in [5.41, 5.74) is 5.58. The number of piperidine rings is 1. The van der Waals surface area contributed by atoms with Gasteiger partial charge in [0.25, 0.3) is 5.91 Å². The fourth-order valence-corrected chi connectivity index (χ4v) is 5.30. The first-order valence-electron chi connectivity index (χ1n) is 12.7. The molecule has 10 heteroatoms. The number of ether oxygens (including phenoxy) is 2. The number of terminal acetylenes is 1. The molecule has 188 valence electrons. The van der Waals surface area contributed by atoms with Gasteiger partial charge in [-0.25, -0.2) is 4.98 Å². The minimum Gasteiger partial charge on any atom is -0.489 e. The van der Waals surface area contributed by atoms with Gasteiger partial charge in [-0.3, -0.25) is 4.79 Å². The van der Waals surface area contributed by atoms with Crippen LogP contribution in [0.5, 0.6) is 11.8 Å². The van der Waals surface area contributed by atoms with E-state index >= 15 is 0 Å². The summed E-state index contributed by atoms with van der Waals surface area (Å²) in [7, 11) is 0. The van der Waals surface area contributed by atoms with E-state index in [4.69, 9.17) is 21.6 Å². The molecule has 2 bridgehead atoms. The summed E-state index contributed by atoms with van der Waals surface area (Å²) >= 11 is 0. The van der Waals surface area contributed by atoms with Crippen LogP contribution in [0.3, 0.4) is 0 Å². The average molecular weight is 490 g/mol. The van der Waals surface area contributed by atoms with E-state index in [9.17, 15) is 4.79 Å². The van der Waals surface area contributed by atoms with Crippen molar-refractivity contribution in [2.24, 2.45) is 17.3 Å². The van der Waals surface area contributed by atoms with Gasteiger partial charge in [-0.05, 0) is 68.9 Å². The van der Waals surface area contributed by atoms with Crippen LogP contribution in [0.15, 0.2) is 18.3 Å². The molecule has 5 aliphatic rings. The first-order valence-corrected chi connectivity index (χ1v) is 12.7. The van der Waals surface area contributed by atoms with E-state index in [1.807, 2.05) is 12.1 Å². The molecule has 3 heterocycles. The number of carbonyl (C=O) groups excluding carboxylic acids is 1. The number of aromatic nitrogens is 4. The molecule has 2 aromatic heterocycles. The summed E-state index contributed by atoms with van der Waals surface area (Å²) in [5.74, 6) is 5.25. The number of nitrogen functional groups attached to an aromatic ring is 1. The smallest absolute Gasteiger partial charge is 0.322 e. The maximum Gasteiger partial charge on any atom is 0.322 e. The van der Waals surface area contributed by atoms with Gasteiger partial charge in [-0.2, -0.15) is 15.0 Å². The molecule has 7 rings (SSSR count). The highest BCUT2D eigenvalue weighted by molar-refractivity contribution is 5.91. The van der Waals surface area contributed by atoms with E-state index in [-0.39, 0.29) is 28.7 Å². The summed E-state index contributed by atoms with van der Waals surface area (Å²) < 4.78 is 11.8. The van der Waals surface area contributed by atoms with E-state index in [2.05, 4.69) is 36.1 Å². The Morgan fingerprint density at radius 3 is 2.61 bits per heavy atom. The number of pyridine rings is 1. The van der Waals surface area contributed by atoms with Gasteiger partial charge in [0.2, 0.25) is 11.8 Å². The molecule has 5 fully saturated rings. The number of rotatable bonds is 9. The highest BCUT2D eigenvalue weighted by atomic mass is 16.5. The number of anilines is 2. The van der Waals surface area contributed by atoms with Crippen LogP contribution in [-0.4, -0.2) is 57.7 Å². The minimum absolute atomic E-state index is 0.0624. The highest BCUT2D eigenvalue weighted by Crippen LogP contribution is 2.57. The Morgan fingerprint density at radius 1 is 1.19 bits per heavy atom. The monoisotopic (exact) mass is 489 g/mol. The van der Waals surface area contributed by atoms with Gasteiger partial charge in [0.1, 0.15) is 6.61 Å². The third-order valence-electron chi connectivity index (χ3n) is 8.03. The van der Waals surface area contributed by atoms with Crippen LogP contribution in [0.4, 0.5) is 11.8 Å². The molecule has 0 atom stereocenters. The van der Waals surface area contributed by atoms with Crippen LogP contribution in [0.2, 0.25) is 0 Å². The molecule has 0 spiro atoms. The quantitative estimate of drug-likeness (QED) is 0.510. The van der Waals surface area contributed by atoms with Gasteiger partial charge in [0.15, 0.2) is 11.6 Å². The summed E-state index contributed by atoms with van der Waals surface area (Å²) in [5, 5.41) is 3.14. The fraction of sp³-hybridized carbons (Fsp3) is 0.577. The third kappa shape index (κ3) is 4.50. The van der Waals surface area contributed by atoms with Gasteiger partial charge in [0, 0.05) is 24.8 Å². The van der Waals surface area contributed by atoms with Crippen LogP contribution >= 0.6 is 0 Å². The molecule has 1 amide bonds. The number of amides is 1. The lowest BCUT2D eigenvalue weighted by atomic mass is 9.50. The maximum absolute atomic E-state index is 13.0. The van der Waals surface area contributed by atoms with Crippen molar-refractivity contribution >= 4 is 17.7 Å².